The first-order valence-electron chi connectivity index (χ1n) is 9.13. The van der Waals surface area contributed by atoms with Gasteiger partial charge in [-0.1, -0.05) is 30.3 Å². The topological polar surface area (TPSA) is 39.9 Å². The molecule has 0 aliphatic rings. The second-order valence-electron chi connectivity index (χ2n) is 6.71. The van der Waals surface area contributed by atoms with Crippen molar-refractivity contribution in [3.63, 3.8) is 0 Å². The van der Waals surface area contributed by atoms with Gasteiger partial charge in [0.25, 0.3) is 0 Å². The van der Waals surface area contributed by atoms with Gasteiger partial charge in [-0.25, -0.2) is 4.98 Å². The zero-order chi connectivity index (χ0) is 19.1. The quantitative estimate of drug-likeness (QED) is 0.433. The number of rotatable bonds is 3. The normalized spacial score (nSPS) is 11.2. The number of ether oxygens (including phenoxy) is 1. The Bertz CT molecular complexity index is 1290. The third kappa shape index (κ3) is 2.62. The minimum Gasteiger partial charge on any atom is -0.497 e. The Morgan fingerprint density at radius 2 is 1.68 bits per heavy atom. The average molecular weight is 364 g/mol. The number of nitrogens with zero attached hydrogens (tertiary/aromatic N) is 3. The molecule has 2 aromatic heterocycles. The first-order valence-corrected chi connectivity index (χ1v) is 9.13. The van der Waals surface area contributed by atoms with Gasteiger partial charge in [-0.3, -0.25) is 9.55 Å². The molecule has 0 saturated carbocycles. The van der Waals surface area contributed by atoms with Crippen molar-refractivity contribution in [2.75, 3.05) is 7.11 Å². The maximum atomic E-state index is 5.30. The van der Waals surface area contributed by atoms with E-state index in [0.29, 0.717) is 0 Å². The predicted octanol–water partition coefficient (Wildman–Crippen LogP) is 5.36. The molecular formula is C24H18N3O. The smallest absolute Gasteiger partial charge is 0.119 e. The van der Waals surface area contributed by atoms with Crippen molar-refractivity contribution in [2.24, 2.45) is 0 Å². The Morgan fingerprint density at radius 1 is 0.893 bits per heavy atom. The van der Waals surface area contributed by atoms with E-state index in [1.165, 1.54) is 0 Å². The lowest BCUT2D eigenvalue weighted by molar-refractivity contribution is 0.415. The summed E-state index contributed by atoms with van der Waals surface area (Å²) >= 11 is 0. The number of aryl methyl sites for hydroxylation is 1. The zero-order valence-electron chi connectivity index (χ0n) is 15.7. The molecule has 5 rings (SSSR count). The third-order valence-electron chi connectivity index (χ3n) is 5.03. The molecule has 0 saturated heterocycles. The first-order chi connectivity index (χ1) is 13.7. The van der Waals surface area contributed by atoms with Crippen LogP contribution in [0.2, 0.25) is 0 Å². The van der Waals surface area contributed by atoms with Gasteiger partial charge in [-0.2, -0.15) is 0 Å². The molecule has 0 amide bonds. The Kier molecular flexibility index (Phi) is 3.83. The van der Waals surface area contributed by atoms with Crippen LogP contribution < -0.4 is 4.74 Å². The largest absolute Gasteiger partial charge is 0.497 e. The number of pyridine rings is 1. The second-order valence-corrected chi connectivity index (χ2v) is 6.71. The summed E-state index contributed by atoms with van der Waals surface area (Å²) in [6.45, 7) is 2.02. The molecule has 0 bridgehead atoms. The van der Waals surface area contributed by atoms with E-state index in [1.807, 2.05) is 37.4 Å². The van der Waals surface area contributed by atoms with Crippen LogP contribution in [0.1, 0.15) is 5.82 Å². The molecule has 0 unspecified atom stereocenters. The fourth-order valence-corrected chi connectivity index (χ4v) is 3.68. The molecule has 0 N–H and O–H groups in total. The second kappa shape index (κ2) is 6.50. The number of fused-ring (bicyclic) bond motifs is 3. The lowest BCUT2D eigenvalue weighted by Gasteiger charge is -2.10. The number of benzene rings is 3. The van der Waals surface area contributed by atoms with E-state index >= 15 is 0 Å². The van der Waals surface area contributed by atoms with Gasteiger partial charge in [0.05, 0.1) is 24.3 Å². The molecular weight excluding hydrogens is 346 g/mol. The highest BCUT2D eigenvalue weighted by Crippen LogP contribution is 2.31. The molecule has 0 aliphatic heterocycles. The van der Waals surface area contributed by atoms with Crippen molar-refractivity contribution in [1.29, 1.82) is 0 Å². The molecule has 0 fully saturated rings. The van der Waals surface area contributed by atoms with Gasteiger partial charge < -0.3 is 4.74 Å². The van der Waals surface area contributed by atoms with Gasteiger partial charge in [0.2, 0.25) is 0 Å². The minimum atomic E-state index is 0.834. The Hall–Kier alpha value is -3.66. The van der Waals surface area contributed by atoms with Crippen LogP contribution in [-0.4, -0.2) is 21.6 Å². The van der Waals surface area contributed by atoms with Crippen LogP contribution in [0, 0.1) is 13.0 Å². The number of imidazole rings is 1. The standard InChI is InChI=1S/C24H18N3O/c1-16-26-23-15-25-22-13-8-18(17-6-4-3-5-7-17)14-21(22)24(23)27(16)19-9-11-20(28-2)12-10-19/h4-15H,1-2H3. The molecule has 0 atom stereocenters. The molecule has 4 nitrogen and oxygen atoms in total. The molecule has 0 spiro atoms. The van der Waals surface area contributed by atoms with Crippen LogP contribution in [0.15, 0.2) is 72.9 Å². The summed E-state index contributed by atoms with van der Waals surface area (Å²) < 4.78 is 7.48. The fraction of sp³-hybridized carbons (Fsp3) is 0.0833. The van der Waals surface area contributed by atoms with Crippen LogP contribution in [0.25, 0.3) is 38.8 Å². The Balaban J connectivity index is 1.80. The monoisotopic (exact) mass is 364 g/mol. The fourth-order valence-electron chi connectivity index (χ4n) is 3.68. The maximum Gasteiger partial charge on any atom is 0.119 e. The number of hydrogen-bond acceptors (Lipinski definition) is 3. The number of methoxy groups -OCH3 is 1. The van der Waals surface area contributed by atoms with Crippen molar-refractivity contribution in [1.82, 2.24) is 14.5 Å². The first kappa shape index (κ1) is 16.5. The maximum absolute atomic E-state index is 5.30. The molecule has 28 heavy (non-hydrogen) atoms. The molecule has 3 aromatic carbocycles. The summed E-state index contributed by atoms with van der Waals surface area (Å²) in [5, 5.41) is 1.08. The summed E-state index contributed by atoms with van der Waals surface area (Å²) in [4.78, 5) is 9.37. The summed E-state index contributed by atoms with van der Waals surface area (Å²) in [6.07, 6.45) is 1.85. The van der Waals surface area contributed by atoms with Crippen LogP contribution in [0.5, 0.6) is 5.75 Å². The highest BCUT2D eigenvalue weighted by molar-refractivity contribution is 6.04. The van der Waals surface area contributed by atoms with Crippen molar-refractivity contribution in [2.45, 2.75) is 6.92 Å². The van der Waals surface area contributed by atoms with Crippen molar-refractivity contribution >= 4 is 21.9 Å². The Labute approximate surface area is 163 Å². The van der Waals surface area contributed by atoms with E-state index < -0.39 is 0 Å². The Morgan fingerprint density at radius 3 is 2.43 bits per heavy atom. The molecule has 0 aliphatic carbocycles. The molecule has 4 heteroatoms. The summed E-state index contributed by atoms with van der Waals surface area (Å²) in [7, 11) is 1.68. The van der Waals surface area contributed by atoms with E-state index in [2.05, 4.69) is 58.1 Å². The molecule has 1 radical (unpaired) electrons. The number of hydrogen-bond donors (Lipinski definition) is 0. The molecule has 135 valence electrons. The van der Waals surface area contributed by atoms with Gasteiger partial charge in [0, 0.05) is 11.1 Å². The third-order valence-corrected chi connectivity index (χ3v) is 5.03. The predicted molar refractivity (Wildman–Crippen MR) is 112 cm³/mol. The summed E-state index contributed by atoms with van der Waals surface area (Å²) in [6, 6.07) is 25.5. The van der Waals surface area contributed by atoms with Crippen molar-refractivity contribution in [3.05, 3.63) is 84.8 Å². The lowest BCUT2D eigenvalue weighted by Crippen LogP contribution is -1.98. The van der Waals surface area contributed by atoms with Gasteiger partial charge >= 0.3 is 0 Å². The average Bonchev–Trinajstić information content (AvgIpc) is 3.10. The van der Waals surface area contributed by atoms with Crippen molar-refractivity contribution in [3.8, 4) is 22.6 Å². The van der Waals surface area contributed by atoms with Crippen LogP contribution >= 0.6 is 0 Å². The molecule has 2 heterocycles. The summed E-state index contributed by atoms with van der Waals surface area (Å²) in [5.41, 5.74) is 6.26. The van der Waals surface area contributed by atoms with Gasteiger partial charge in [0.15, 0.2) is 0 Å². The highest BCUT2D eigenvalue weighted by atomic mass is 16.5. The van der Waals surface area contributed by atoms with Crippen LogP contribution in [-0.2, 0) is 0 Å². The van der Waals surface area contributed by atoms with Gasteiger partial charge in [0.1, 0.15) is 17.1 Å². The van der Waals surface area contributed by atoms with E-state index in [9.17, 15) is 0 Å². The van der Waals surface area contributed by atoms with Gasteiger partial charge in [-0.05, 0) is 60.5 Å². The number of aromatic nitrogens is 3. The van der Waals surface area contributed by atoms with E-state index in [0.717, 1.165) is 50.3 Å². The minimum absolute atomic E-state index is 0.834. The highest BCUT2D eigenvalue weighted by Gasteiger charge is 2.14. The zero-order valence-corrected chi connectivity index (χ0v) is 15.7. The SMILES string of the molecule is COc1ccc(-n2c(C)nc3cnc4ccc(-c5cc[c]cc5)cc4c32)cc1. The van der Waals surface area contributed by atoms with Crippen LogP contribution in [0.4, 0.5) is 0 Å². The summed E-state index contributed by atoms with van der Waals surface area (Å²) in [5.74, 6) is 1.76. The van der Waals surface area contributed by atoms with E-state index in [-0.39, 0.29) is 0 Å². The van der Waals surface area contributed by atoms with E-state index in [4.69, 9.17) is 9.72 Å². The lowest BCUT2D eigenvalue weighted by atomic mass is 10.0. The van der Waals surface area contributed by atoms with E-state index in [1.54, 1.807) is 7.11 Å². The van der Waals surface area contributed by atoms with Gasteiger partial charge in [-0.15, -0.1) is 0 Å². The van der Waals surface area contributed by atoms with Crippen LogP contribution in [0.3, 0.4) is 0 Å². The van der Waals surface area contributed by atoms with Crippen molar-refractivity contribution < 1.29 is 4.74 Å². The molecule has 5 aromatic rings.